The molecule has 0 atom stereocenters. The lowest BCUT2D eigenvalue weighted by Crippen LogP contribution is -2.19. The van der Waals surface area contributed by atoms with Crippen molar-refractivity contribution in [2.24, 2.45) is 0 Å². The van der Waals surface area contributed by atoms with Gasteiger partial charge >= 0.3 is 0 Å². The third-order valence-electron chi connectivity index (χ3n) is 3.76. The predicted molar refractivity (Wildman–Crippen MR) is 87.0 cm³/mol. The molecule has 112 valence electrons. The molecule has 7 heteroatoms. The van der Waals surface area contributed by atoms with E-state index in [-0.39, 0.29) is 0 Å². The maximum atomic E-state index is 6.05. The molecule has 4 heterocycles. The Bertz CT molecular complexity index is 809. The number of hydrogen-bond acceptors (Lipinski definition) is 5. The first-order chi connectivity index (χ1) is 10.8. The van der Waals surface area contributed by atoms with Crippen LogP contribution in [0, 0.1) is 0 Å². The zero-order chi connectivity index (χ0) is 14.9. The maximum absolute atomic E-state index is 6.05. The average molecular weight is 315 g/mol. The molecule has 0 aliphatic carbocycles. The molecule has 4 rings (SSSR count). The van der Waals surface area contributed by atoms with Gasteiger partial charge in [-0.25, -0.2) is 14.5 Å². The summed E-state index contributed by atoms with van der Waals surface area (Å²) >= 11 is 6.05. The maximum Gasteiger partial charge on any atom is 0.177 e. The van der Waals surface area contributed by atoms with Crippen molar-refractivity contribution in [3.05, 3.63) is 41.8 Å². The molecule has 0 unspecified atom stereocenters. The molecule has 3 aromatic rings. The summed E-state index contributed by atoms with van der Waals surface area (Å²) in [5.74, 6) is 1.78. The van der Waals surface area contributed by atoms with E-state index in [0.717, 1.165) is 36.1 Å². The SMILES string of the molecule is Clc1cc(Nc2cccc(N3CCCC3)n2)c2nccn2n1. The molecule has 6 nitrogen and oxygen atoms in total. The van der Waals surface area contributed by atoms with E-state index in [1.807, 2.05) is 18.2 Å². The number of fused-ring (bicyclic) bond motifs is 1. The van der Waals surface area contributed by atoms with Gasteiger partial charge in [0.1, 0.15) is 11.6 Å². The number of imidazole rings is 1. The molecule has 1 fully saturated rings. The first-order valence-corrected chi connectivity index (χ1v) is 7.66. The van der Waals surface area contributed by atoms with E-state index >= 15 is 0 Å². The lowest BCUT2D eigenvalue weighted by molar-refractivity contribution is 0.933. The van der Waals surface area contributed by atoms with Crippen molar-refractivity contribution in [2.75, 3.05) is 23.3 Å². The van der Waals surface area contributed by atoms with Crippen molar-refractivity contribution < 1.29 is 0 Å². The summed E-state index contributed by atoms with van der Waals surface area (Å²) < 4.78 is 1.65. The van der Waals surface area contributed by atoms with Crippen LogP contribution < -0.4 is 10.2 Å². The normalized spacial score (nSPS) is 14.7. The highest BCUT2D eigenvalue weighted by atomic mass is 35.5. The first-order valence-electron chi connectivity index (χ1n) is 7.28. The van der Waals surface area contributed by atoms with Gasteiger partial charge in [-0.1, -0.05) is 17.7 Å². The summed E-state index contributed by atoms with van der Waals surface area (Å²) in [4.78, 5) is 11.3. The van der Waals surface area contributed by atoms with Crippen LogP contribution in [0.2, 0.25) is 5.15 Å². The monoisotopic (exact) mass is 314 g/mol. The zero-order valence-electron chi connectivity index (χ0n) is 11.9. The number of aromatic nitrogens is 4. The molecule has 0 radical (unpaired) electrons. The molecule has 1 N–H and O–H groups in total. The van der Waals surface area contributed by atoms with Gasteiger partial charge in [0.25, 0.3) is 0 Å². The van der Waals surface area contributed by atoms with E-state index in [4.69, 9.17) is 11.6 Å². The number of pyridine rings is 1. The minimum Gasteiger partial charge on any atom is -0.357 e. The second-order valence-electron chi connectivity index (χ2n) is 5.28. The van der Waals surface area contributed by atoms with Crippen LogP contribution in [0.1, 0.15) is 12.8 Å². The molecule has 0 saturated carbocycles. The van der Waals surface area contributed by atoms with Crippen LogP contribution in [0.4, 0.5) is 17.3 Å². The second kappa shape index (κ2) is 5.46. The van der Waals surface area contributed by atoms with Crippen LogP contribution in [0.3, 0.4) is 0 Å². The van der Waals surface area contributed by atoms with E-state index in [0.29, 0.717) is 5.15 Å². The zero-order valence-corrected chi connectivity index (χ0v) is 12.7. The van der Waals surface area contributed by atoms with Gasteiger partial charge in [-0.05, 0) is 25.0 Å². The summed E-state index contributed by atoms with van der Waals surface area (Å²) in [7, 11) is 0. The Morgan fingerprint density at radius 3 is 2.91 bits per heavy atom. The van der Waals surface area contributed by atoms with Crippen LogP contribution in [-0.2, 0) is 0 Å². The Labute approximate surface area is 132 Å². The van der Waals surface area contributed by atoms with Crippen LogP contribution in [0.5, 0.6) is 0 Å². The van der Waals surface area contributed by atoms with E-state index in [1.165, 1.54) is 12.8 Å². The van der Waals surface area contributed by atoms with Crippen LogP contribution in [0.25, 0.3) is 5.65 Å². The summed E-state index contributed by atoms with van der Waals surface area (Å²) in [6.45, 7) is 2.14. The van der Waals surface area contributed by atoms with Crippen molar-refractivity contribution in [1.29, 1.82) is 0 Å². The summed E-state index contributed by atoms with van der Waals surface area (Å²) in [6, 6.07) is 7.75. The van der Waals surface area contributed by atoms with E-state index in [9.17, 15) is 0 Å². The van der Waals surface area contributed by atoms with Crippen molar-refractivity contribution in [3.63, 3.8) is 0 Å². The Kier molecular flexibility index (Phi) is 3.31. The average Bonchev–Trinajstić information content (AvgIpc) is 3.18. The summed E-state index contributed by atoms with van der Waals surface area (Å²) in [5.41, 5.74) is 1.51. The Morgan fingerprint density at radius 1 is 1.18 bits per heavy atom. The molecular weight excluding hydrogens is 300 g/mol. The van der Waals surface area contributed by atoms with E-state index in [2.05, 4.69) is 25.3 Å². The highest BCUT2D eigenvalue weighted by Gasteiger charge is 2.14. The number of nitrogens with zero attached hydrogens (tertiary/aromatic N) is 5. The molecule has 0 aromatic carbocycles. The molecule has 3 aromatic heterocycles. The molecular formula is C15H15ClN6. The van der Waals surface area contributed by atoms with Gasteiger partial charge in [-0.15, -0.1) is 0 Å². The topological polar surface area (TPSA) is 58.3 Å². The van der Waals surface area contributed by atoms with Gasteiger partial charge in [-0.2, -0.15) is 5.10 Å². The standard InChI is InChI=1S/C15H15ClN6/c16-12-10-11(15-17-6-9-22(15)20-12)18-13-4-3-5-14(19-13)21-7-1-2-8-21/h3-6,9-10H,1-2,7-8H2,(H,18,19). The van der Waals surface area contributed by atoms with Gasteiger partial charge in [0.15, 0.2) is 10.8 Å². The van der Waals surface area contributed by atoms with Crippen LogP contribution in [0.15, 0.2) is 36.7 Å². The third kappa shape index (κ3) is 2.46. The van der Waals surface area contributed by atoms with Gasteiger partial charge in [-0.3, -0.25) is 0 Å². The highest BCUT2D eigenvalue weighted by molar-refractivity contribution is 6.29. The number of hydrogen-bond donors (Lipinski definition) is 1. The lowest BCUT2D eigenvalue weighted by atomic mass is 10.4. The third-order valence-corrected chi connectivity index (χ3v) is 3.94. The summed E-state index contributed by atoms with van der Waals surface area (Å²) in [5, 5.41) is 7.87. The van der Waals surface area contributed by atoms with Crippen molar-refractivity contribution in [2.45, 2.75) is 12.8 Å². The molecule has 22 heavy (non-hydrogen) atoms. The minimum absolute atomic E-state index is 0.406. The van der Waals surface area contributed by atoms with Gasteiger partial charge in [0.2, 0.25) is 0 Å². The van der Waals surface area contributed by atoms with Crippen molar-refractivity contribution >= 4 is 34.6 Å². The van der Waals surface area contributed by atoms with E-state index < -0.39 is 0 Å². The van der Waals surface area contributed by atoms with Crippen LogP contribution in [-0.4, -0.2) is 32.7 Å². The Balaban J connectivity index is 1.67. The predicted octanol–water partition coefficient (Wildman–Crippen LogP) is 3.12. The van der Waals surface area contributed by atoms with Crippen molar-refractivity contribution in [3.8, 4) is 0 Å². The molecule has 1 aliphatic rings. The number of halogens is 1. The smallest absolute Gasteiger partial charge is 0.177 e. The van der Waals surface area contributed by atoms with Gasteiger partial charge < -0.3 is 10.2 Å². The molecule has 1 saturated heterocycles. The Hall–Kier alpha value is -2.34. The molecule has 0 amide bonds. The van der Waals surface area contributed by atoms with E-state index in [1.54, 1.807) is 23.0 Å². The molecule has 0 spiro atoms. The largest absolute Gasteiger partial charge is 0.357 e. The van der Waals surface area contributed by atoms with Crippen molar-refractivity contribution in [1.82, 2.24) is 19.6 Å². The fraction of sp³-hybridized carbons (Fsp3) is 0.267. The lowest BCUT2D eigenvalue weighted by Gasteiger charge is -2.17. The molecule has 1 aliphatic heterocycles. The number of nitrogens with one attached hydrogen (secondary N) is 1. The van der Waals surface area contributed by atoms with Gasteiger partial charge in [0.05, 0.1) is 5.69 Å². The Morgan fingerprint density at radius 2 is 2.05 bits per heavy atom. The van der Waals surface area contributed by atoms with Crippen LogP contribution >= 0.6 is 11.6 Å². The fourth-order valence-electron chi connectivity index (χ4n) is 2.73. The number of rotatable bonds is 3. The van der Waals surface area contributed by atoms with Gasteiger partial charge in [0, 0.05) is 31.5 Å². The summed E-state index contributed by atoms with van der Waals surface area (Å²) in [6.07, 6.45) is 5.92. The fourth-order valence-corrected chi connectivity index (χ4v) is 2.92. The highest BCUT2D eigenvalue weighted by Crippen LogP contribution is 2.24. The second-order valence-corrected chi connectivity index (χ2v) is 5.66. The first kappa shape index (κ1) is 13.3. The minimum atomic E-state index is 0.406. The molecule has 0 bridgehead atoms. The number of anilines is 3. The quantitative estimate of drug-likeness (QED) is 0.805.